The molecule has 0 spiro atoms. The van der Waals surface area contributed by atoms with Crippen molar-refractivity contribution < 1.29 is 18.3 Å². The summed E-state index contributed by atoms with van der Waals surface area (Å²) in [7, 11) is 1.45. The number of carbonyl (C=O) groups excluding carboxylic acids is 1. The van der Waals surface area contributed by atoms with Gasteiger partial charge >= 0.3 is 0 Å². The van der Waals surface area contributed by atoms with Gasteiger partial charge in [0.05, 0.1) is 12.7 Å². The van der Waals surface area contributed by atoms with E-state index in [9.17, 15) is 13.6 Å². The van der Waals surface area contributed by atoms with E-state index in [1.807, 2.05) is 0 Å². The minimum atomic E-state index is -0.666. The first-order chi connectivity index (χ1) is 12.0. The fourth-order valence-electron chi connectivity index (χ4n) is 3.22. The maximum atomic E-state index is 14.5. The van der Waals surface area contributed by atoms with E-state index in [1.54, 1.807) is 17.0 Å². The van der Waals surface area contributed by atoms with Crippen molar-refractivity contribution >= 4 is 18.3 Å². The molecule has 140 valence electrons. The molecule has 0 radical (unpaired) electrons. The van der Waals surface area contributed by atoms with E-state index >= 15 is 0 Å². The van der Waals surface area contributed by atoms with Gasteiger partial charge in [0.15, 0.2) is 0 Å². The summed E-state index contributed by atoms with van der Waals surface area (Å²) in [5.74, 6) is -1.16. The Morgan fingerprint density at radius 2 is 2.00 bits per heavy atom. The van der Waals surface area contributed by atoms with Crippen molar-refractivity contribution in [1.29, 1.82) is 0 Å². The lowest BCUT2D eigenvalue weighted by atomic mass is 10.0. The molecule has 1 unspecified atom stereocenters. The lowest BCUT2D eigenvalue weighted by Gasteiger charge is -2.23. The SMILES string of the molecule is COc1ccc(-c2ccc(C(=O)N3CCCC3CN)c(F)c2)c(F)c1.Cl. The van der Waals surface area contributed by atoms with Crippen LogP contribution in [0.25, 0.3) is 11.1 Å². The predicted octanol–water partition coefficient (Wildman–Crippen LogP) is 3.63. The number of carbonyl (C=O) groups is 1. The molecule has 1 heterocycles. The second kappa shape index (κ2) is 8.47. The highest BCUT2D eigenvalue weighted by Gasteiger charge is 2.29. The molecule has 0 saturated carbocycles. The van der Waals surface area contributed by atoms with Crippen LogP contribution in [0.15, 0.2) is 36.4 Å². The Labute approximate surface area is 157 Å². The average molecular weight is 383 g/mol. The summed E-state index contributed by atoms with van der Waals surface area (Å²) in [6.07, 6.45) is 1.70. The molecule has 0 bridgehead atoms. The largest absolute Gasteiger partial charge is 0.497 e. The van der Waals surface area contributed by atoms with Crippen molar-refractivity contribution in [3.63, 3.8) is 0 Å². The van der Waals surface area contributed by atoms with Crippen LogP contribution in [0.2, 0.25) is 0 Å². The fraction of sp³-hybridized carbons (Fsp3) is 0.316. The Morgan fingerprint density at radius 3 is 2.62 bits per heavy atom. The van der Waals surface area contributed by atoms with Crippen LogP contribution in [0.3, 0.4) is 0 Å². The second-order valence-electron chi connectivity index (χ2n) is 6.07. The molecule has 2 N–H and O–H groups in total. The van der Waals surface area contributed by atoms with E-state index in [1.165, 1.54) is 31.4 Å². The van der Waals surface area contributed by atoms with E-state index in [4.69, 9.17) is 10.5 Å². The van der Waals surface area contributed by atoms with Crippen LogP contribution < -0.4 is 10.5 Å². The summed E-state index contributed by atoms with van der Waals surface area (Å²) < 4.78 is 33.7. The van der Waals surface area contributed by atoms with Gasteiger partial charge in [-0.2, -0.15) is 0 Å². The van der Waals surface area contributed by atoms with Gasteiger partial charge < -0.3 is 15.4 Å². The third kappa shape index (κ3) is 3.81. The van der Waals surface area contributed by atoms with Gasteiger partial charge in [0, 0.05) is 30.8 Å². The Kier molecular flexibility index (Phi) is 6.56. The number of hydrogen-bond acceptors (Lipinski definition) is 3. The summed E-state index contributed by atoms with van der Waals surface area (Å²) in [6, 6.07) is 8.46. The maximum absolute atomic E-state index is 14.5. The van der Waals surface area contributed by atoms with Crippen LogP contribution in [0.5, 0.6) is 5.75 Å². The molecule has 26 heavy (non-hydrogen) atoms. The highest BCUT2D eigenvalue weighted by Crippen LogP contribution is 2.28. The highest BCUT2D eigenvalue weighted by molar-refractivity contribution is 5.95. The average Bonchev–Trinajstić information content (AvgIpc) is 3.09. The number of likely N-dealkylation sites (tertiary alicyclic amines) is 1. The van der Waals surface area contributed by atoms with Crippen molar-refractivity contribution in [3.8, 4) is 16.9 Å². The molecule has 1 fully saturated rings. The molecule has 0 aromatic heterocycles. The van der Waals surface area contributed by atoms with Crippen molar-refractivity contribution in [3.05, 3.63) is 53.6 Å². The molecule has 1 aliphatic rings. The molecule has 3 rings (SSSR count). The number of amides is 1. The van der Waals surface area contributed by atoms with Gasteiger partial charge in [-0.3, -0.25) is 4.79 Å². The summed E-state index contributed by atoms with van der Waals surface area (Å²) in [6.45, 7) is 0.942. The van der Waals surface area contributed by atoms with Crippen LogP contribution in [0.4, 0.5) is 8.78 Å². The topological polar surface area (TPSA) is 55.6 Å². The third-order valence-electron chi connectivity index (χ3n) is 4.60. The first-order valence-electron chi connectivity index (χ1n) is 8.19. The number of halogens is 3. The normalized spacial score (nSPS) is 16.3. The smallest absolute Gasteiger partial charge is 0.257 e. The van der Waals surface area contributed by atoms with E-state index < -0.39 is 11.6 Å². The lowest BCUT2D eigenvalue weighted by molar-refractivity contribution is 0.0736. The van der Waals surface area contributed by atoms with Crippen molar-refractivity contribution in [2.45, 2.75) is 18.9 Å². The number of nitrogens with two attached hydrogens (primary N) is 1. The Balaban J connectivity index is 0.00000243. The van der Waals surface area contributed by atoms with E-state index in [0.717, 1.165) is 12.8 Å². The molecule has 4 nitrogen and oxygen atoms in total. The minimum Gasteiger partial charge on any atom is -0.497 e. The number of hydrogen-bond donors (Lipinski definition) is 1. The number of benzene rings is 2. The van der Waals surface area contributed by atoms with Gasteiger partial charge in [-0.25, -0.2) is 8.78 Å². The Hall–Kier alpha value is -2.18. The first-order valence-corrected chi connectivity index (χ1v) is 8.19. The van der Waals surface area contributed by atoms with E-state index in [0.29, 0.717) is 24.4 Å². The Morgan fingerprint density at radius 1 is 1.23 bits per heavy atom. The van der Waals surface area contributed by atoms with Crippen molar-refractivity contribution in [2.24, 2.45) is 5.73 Å². The van der Waals surface area contributed by atoms with Gasteiger partial charge in [-0.05, 0) is 42.7 Å². The van der Waals surface area contributed by atoms with Crippen LogP contribution in [0.1, 0.15) is 23.2 Å². The summed E-state index contributed by atoms with van der Waals surface area (Å²) in [4.78, 5) is 14.2. The molecule has 1 aliphatic heterocycles. The van der Waals surface area contributed by atoms with Crippen LogP contribution in [0, 0.1) is 11.6 Å². The van der Waals surface area contributed by atoms with Crippen LogP contribution >= 0.6 is 12.4 Å². The van der Waals surface area contributed by atoms with Crippen molar-refractivity contribution in [2.75, 3.05) is 20.2 Å². The van der Waals surface area contributed by atoms with E-state index in [-0.39, 0.29) is 35.5 Å². The number of ether oxygens (including phenoxy) is 1. The van der Waals surface area contributed by atoms with Gasteiger partial charge in [0.25, 0.3) is 5.91 Å². The highest BCUT2D eigenvalue weighted by atomic mass is 35.5. The zero-order valence-electron chi connectivity index (χ0n) is 14.4. The van der Waals surface area contributed by atoms with Crippen LogP contribution in [-0.4, -0.2) is 37.0 Å². The summed E-state index contributed by atoms with van der Waals surface area (Å²) >= 11 is 0. The van der Waals surface area contributed by atoms with Gasteiger partial charge in [0.2, 0.25) is 0 Å². The maximum Gasteiger partial charge on any atom is 0.257 e. The molecule has 0 aliphatic carbocycles. The molecule has 2 aromatic carbocycles. The standard InChI is InChI=1S/C19H20F2N2O2.ClH/c1-25-14-5-7-15(18(21)10-14)12-4-6-16(17(20)9-12)19(24)23-8-2-3-13(23)11-22;/h4-7,9-10,13H,2-3,8,11,22H2,1H3;1H. The molecule has 7 heteroatoms. The molecule has 1 saturated heterocycles. The predicted molar refractivity (Wildman–Crippen MR) is 98.7 cm³/mol. The zero-order valence-corrected chi connectivity index (χ0v) is 15.2. The molecule has 1 atom stereocenters. The summed E-state index contributed by atoms with van der Waals surface area (Å²) in [5.41, 5.74) is 6.28. The first kappa shape index (κ1) is 20.1. The molecule has 1 amide bonds. The molecular weight excluding hydrogens is 362 g/mol. The zero-order chi connectivity index (χ0) is 18.0. The van der Waals surface area contributed by atoms with E-state index in [2.05, 4.69) is 0 Å². The minimum absolute atomic E-state index is 0. The third-order valence-corrected chi connectivity index (χ3v) is 4.60. The van der Waals surface area contributed by atoms with Gasteiger partial charge in [0.1, 0.15) is 17.4 Å². The molecule has 2 aromatic rings. The number of methoxy groups -OCH3 is 1. The second-order valence-corrected chi connectivity index (χ2v) is 6.07. The lowest BCUT2D eigenvalue weighted by Crippen LogP contribution is -2.40. The fourth-order valence-corrected chi connectivity index (χ4v) is 3.22. The van der Waals surface area contributed by atoms with Gasteiger partial charge in [-0.1, -0.05) is 6.07 Å². The van der Waals surface area contributed by atoms with Crippen molar-refractivity contribution in [1.82, 2.24) is 4.90 Å². The Bertz CT molecular complexity index is 801. The monoisotopic (exact) mass is 382 g/mol. The van der Waals surface area contributed by atoms with Gasteiger partial charge in [-0.15, -0.1) is 12.4 Å². The number of nitrogens with zero attached hydrogens (tertiary/aromatic N) is 1. The van der Waals surface area contributed by atoms with Crippen LogP contribution in [-0.2, 0) is 0 Å². The molecular formula is C19H21ClF2N2O2. The number of rotatable bonds is 4. The quantitative estimate of drug-likeness (QED) is 0.878. The summed E-state index contributed by atoms with van der Waals surface area (Å²) in [5, 5.41) is 0.